The van der Waals surface area contributed by atoms with Crippen LogP contribution in [-0.2, 0) is 9.84 Å². The molecular weight excluding hydrogens is 256 g/mol. The normalized spacial score (nSPS) is 26.1. The highest BCUT2D eigenvalue weighted by molar-refractivity contribution is 7.91. The van der Waals surface area contributed by atoms with Gasteiger partial charge in [-0.2, -0.15) is 0 Å². The van der Waals surface area contributed by atoms with Gasteiger partial charge in [0.2, 0.25) is 0 Å². The molecule has 1 saturated carbocycles. The molecule has 0 saturated heterocycles. The van der Waals surface area contributed by atoms with Crippen LogP contribution < -0.4 is 5.73 Å². The fraction of sp³-hybridized carbons (Fsp3) is 0.909. The summed E-state index contributed by atoms with van der Waals surface area (Å²) in [7, 11) is -0.879. The summed E-state index contributed by atoms with van der Waals surface area (Å²) in [4.78, 5) is 2.71. The molecule has 0 aromatic rings. The van der Waals surface area contributed by atoms with E-state index in [2.05, 4.69) is 4.90 Å². The molecule has 0 amide bonds. The predicted octanol–water partition coefficient (Wildman–Crippen LogP) is 0.950. The standard InChI is InChI=1S/C11H22N2O2S2/c1-13(7-6-11(12)16)9-4-3-5-10(8-9)17(2,14)15/h9-10H,3-8H2,1-2H3,(H2,12,16). The van der Waals surface area contributed by atoms with Crippen LogP contribution in [-0.4, -0.2) is 49.4 Å². The fourth-order valence-electron chi connectivity index (χ4n) is 2.38. The summed E-state index contributed by atoms with van der Waals surface area (Å²) in [6, 6.07) is 0.345. The first kappa shape index (κ1) is 14.9. The lowest BCUT2D eigenvalue weighted by Crippen LogP contribution is -2.41. The zero-order chi connectivity index (χ0) is 13.1. The third-order valence-corrected chi connectivity index (χ3v) is 5.38. The molecule has 0 spiro atoms. The number of rotatable bonds is 5. The molecule has 2 unspecified atom stereocenters. The third-order valence-electron chi connectivity index (χ3n) is 3.54. The van der Waals surface area contributed by atoms with Gasteiger partial charge in [-0.25, -0.2) is 8.42 Å². The van der Waals surface area contributed by atoms with E-state index in [-0.39, 0.29) is 5.25 Å². The Hall–Kier alpha value is -0.200. The van der Waals surface area contributed by atoms with Crippen molar-refractivity contribution < 1.29 is 8.42 Å². The molecule has 2 N–H and O–H groups in total. The van der Waals surface area contributed by atoms with Crippen molar-refractivity contribution in [1.82, 2.24) is 4.90 Å². The first-order valence-corrected chi connectivity index (χ1v) is 8.34. The molecule has 1 aliphatic rings. The van der Waals surface area contributed by atoms with Crippen molar-refractivity contribution in [2.75, 3.05) is 19.8 Å². The van der Waals surface area contributed by atoms with Crippen molar-refractivity contribution in [3.63, 3.8) is 0 Å². The average molecular weight is 278 g/mol. The maximum atomic E-state index is 11.6. The van der Waals surface area contributed by atoms with Crippen molar-refractivity contribution in [3.05, 3.63) is 0 Å². The van der Waals surface area contributed by atoms with E-state index in [1.165, 1.54) is 6.26 Å². The van der Waals surface area contributed by atoms with Crippen LogP contribution in [0, 0.1) is 0 Å². The summed E-state index contributed by atoms with van der Waals surface area (Å²) in [6.45, 7) is 0.816. The third kappa shape index (κ3) is 4.89. The first-order valence-electron chi connectivity index (χ1n) is 5.98. The second-order valence-corrected chi connectivity index (χ2v) is 7.82. The Balaban J connectivity index is 2.51. The van der Waals surface area contributed by atoms with Crippen LogP contribution in [0.15, 0.2) is 0 Å². The fourth-order valence-corrected chi connectivity index (χ4v) is 3.64. The van der Waals surface area contributed by atoms with Crippen LogP contribution in [0.3, 0.4) is 0 Å². The lowest BCUT2D eigenvalue weighted by molar-refractivity contribution is 0.197. The van der Waals surface area contributed by atoms with E-state index >= 15 is 0 Å². The van der Waals surface area contributed by atoms with Crippen molar-refractivity contribution >= 4 is 27.0 Å². The van der Waals surface area contributed by atoms with Gasteiger partial charge in [-0.1, -0.05) is 18.6 Å². The minimum atomic E-state index is -2.90. The molecule has 1 aliphatic carbocycles. The average Bonchev–Trinajstić information content (AvgIpc) is 2.25. The largest absolute Gasteiger partial charge is 0.393 e. The molecule has 100 valence electrons. The van der Waals surface area contributed by atoms with E-state index in [0.717, 1.165) is 32.2 Å². The smallest absolute Gasteiger partial charge is 0.150 e. The molecule has 0 aromatic carbocycles. The zero-order valence-corrected chi connectivity index (χ0v) is 12.2. The highest BCUT2D eigenvalue weighted by Gasteiger charge is 2.30. The van der Waals surface area contributed by atoms with Crippen molar-refractivity contribution in [1.29, 1.82) is 0 Å². The van der Waals surface area contributed by atoms with Crippen molar-refractivity contribution in [2.45, 2.75) is 43.4 Å². The van der Waals surface area contributed by atoms with Crippen LogP contribution in [0.2, 0.25) is 0 Å². The van der Waals surface area contributed by atoms with Gasteiger partial charge in [0.15, 0.2) is 0 Å². The number of nitrogens with two attached hydrogens (primary N) is 1. The van der Waals surface area contributed by atoms with Crippen LogP contribution in [0.25, 0.3) is 0 Å². The number of sulfone groups is 1. The van der Waals surface area contributed by atoms with Gasteiger partial charge in [-0.05, 0) is 26.3 Å². The van der Waals surface area contributed by atoms with Crippen molar-refractivity contribution in [2.24, 2.45) is 5.73 Å². The molecule has 0 aromatic heterocycles. The molecule has 0 bridgehead atoms. The topological polar surface area (TPSA) is 63.4 Å². The number of hydrogen-bond donors (Lipinski definition) is 1. The Labute approximate surface area is 109 Å². The molecule has 1 fully saturated rings. The van der Waals surface area contributed by atoms with Gasteiger partial charge in [-0.3, -0.25) is 0 Å². The van der Waals surface area contributed by atoms with Gasteiger partial charge in [-0.15, -0.1) is 0 Å². The summed E-state index contributed by atoms with van der Waals surface area (Å²) in [5.41, 5.74) is 5.48. The summed E-state index contributed by atoms with van der Waals surface area (Å²) in [6.07, 6.45) is 5.64. The van der Waals surface area contributed by atoms with E-state index in [0.29, 0.717) is 17.5 Å². The van der Waals surface area contributed by atoms with E-state index in [9.17, 15) is 8.42 Å². The lowest BCUT2D eigenvalue weighted by atomic mass is 9.94. The maximum absolute atomic E-state index is 11.6. The first-order chi connectivity index (χ1) is 7.80. The van der Waals surface area contributed by atoms with E-state index in [4.69, 9.17) is 18.0 Å². The second-order valence-electron chi connectivity index (χ2n) is 4.97. The maximum Gasteiger partial charge on any atom is 0.150 e. The van der Waals surface area contributed by atoms with Crippen LogP contribution in [0.4, 0.5) is 0 Å². The van der Waals surface area contributed by atoms with Gasteiger partial charge in [0.25, 0.3) is 0 Å². The highest BCUT2D eigenvalue weighted by Crippen LogP contribution is 2.26. The Morgan fingerprint density at radius 2 is 2.12 bits per heavy atom. The highest BCUT2D eigenvalue weighted by atomic mass is 32.2. The SMILES string of the molecule is CN(CCC(N)=S)C1CCCC(S(C)(=O)=O)C1. The van der Waals surface area contributed by atoms with Gasteiger partial charge >= 0.3 is 0 Å². The zero-order valence-electron chi connectivity index (χ0n) is 10.6. The molecule has 2 atom stereocenters. The summed E-state index contributed by atoms with van der Waals surface area (Å²) < 4.78 is 23.1. The quantitative estimate of drug-likeness (QED) is 0.759. The number of thiocarbonyl (C=S) groups is 1. The Morgan fingerprint density at radius 1 is 1.47 bits per heavy atom. The Bertz CT molecular complexity index is 368. The molecule has 0 radical (unpaired) electrons. The van der Waals surface area contributed by atoms with Crippen LogP contribution in [0.1, 0.15) is 32.1 Å². The summed E-state index contributed by atoms with van der Waals surface area (Å²) in [5, 5.41) is -0.173. The predicted molar refractivity (Wildman–Crippen MR) is 74.9 cm³/mol. The lowest BCUT2D eigenvalue weighted by Gasteiger charge is -2.34. The van der Waals surface area contributed by atoms with Gasteiger partial charge in [0.05, 0.1) is 10.2 Å². The number of hydrogen-bond acceptors (Lipinski definition) is 4. The van der Waals surface area contributed by atoms with E-state index in [1.807, 2.05) is 7.05 Å². The molecular formula is C11H22N2O2S2. The van der Waals surface area contributed by atoms with Gasteiger partial charge in [0.1, 0.15) is 9.84 Å². The van der Waals surface area contributed by atoms with Crippen LogP contribution >= 0.6 is 12.2 Å². The molecule has 0 aliphatic heterocycles. The summed E-state index contributed by atoms with van der Waals surface area (Å²) >= 11 is 4.85. The monoisotopic (exact) mass is 278 g/mol. The molecule has 1 rings (SSSR count). The molecule has 4 nitrogen and oxygen atoms in total. The van der Waals surface area contributed by atoms with E-state index in [1.54, 1.807) is 0 Å². The summed E-state index contributed by atoms with van der Waals surface area (Å²) in [5.74, 6) is 0. The molecule has 17 heavy (non-hydrogen) atoms. The van der Waals surface area contributed by atoms with Crippen molar-refractivity contribution in [3.8, 4) is 0 Å². The molecule has 6 heteroatoms. The molecule has 0 heterocycles. The Morgan fingerprint density at radius 3 is 2.65 bits per heavy atom. The van der Waals surface area contributed by atoms with Gasteiger partial charge in [0, 0.05) is 25.3 Å². The van der Waals surface area contributed by atoms with E-state index < -0.39 is 9.84 Å². The Kier molecular flexibility index (Phi) is 5.34. The van der Waals surface area contributed by atoms with Crippen LogP contribution in [0.5, 0.6) is 0 Å². The van der Waals surface area contributed by atoms with Gasteiger partial charge < -0.3 is 10.6 Å². The minimum Gasteiger partial charge on any atom is -0.393 e. The number of nitrogens with zero attached hydrogens (tertiary/aromatic N) is 1. The second kappa shape index (κ2) is 6.11. The minimum absolute atomic E-state index is 0.173.